The first-order chi connectivity index (χ1) is 12.5. The van der Waals surface area contributed by atoms with Crippen LogP contribution in [0, 0.1) is 6.92 Å². The third-order valence-electron chi connectivity index (χ3n) is 3.66. The number of methoxy groups -OCH3 is 1. The summed E-state index contributed by atoms with van der Waals surface area (Å²) in [6.07, 6.45) is 2.93. The van der Waals surface area contributed by atoms with Gasteiger partial charge in [0.15, 0.2) is 0 Å². The minimum absolute atomic E-state index is 0.214. The number of nitrogens with one attached hydrogen (secondary N) is 2. The highest BCUT2D eigenvalue weighted by Crippen LogP contribution is 2.22. The molecule has 0 aliphatic heterocycles. The van der Waals surface area contributed by atoms with Gasteiger partial charge in [0.25, 0.3) is 5.91 Å². The molecule has 0 fully saturated rings. The van der Waals surface area contributed by atoms with Gasteiger partial charge in [-0.25, -0.2) is 9.97 Å². The van der Waals surface area contributed by atoms with E-state index >= 15 is 0 Å². The topological polar surface area (TPSA) is 76.1 Å². The third-order valence-corrected chi connectivity index (χ3v) is 3.90. The molecule has 132 valence electrons. The van der Waals surface area contributed by atoms with Crippen LogP contribution in [0.5, 0.6) is 5.75 Å². The van der Waals surface area contributed by atoms with E-state index in [-0.39, 0.29) is 11.6 Å². The Morgan fingerprint density at radius 3 is 2.65 bits per heavy atom. The van der Waals surface area contributed by atoms with Gasteiger partial charge in [-0.3, -0.25) is 4.79 Å². The molecule has 3 aromatic rings. The minimum atomic E-state index is -0.347. The second-order valence-electron chi connectivity index (χ2n) is 5.56. The van der Waals surface area contributed by atoms with Crippen molar-refractivity contribution in [1.82, 2.24) is 9.97 Å². The number of nitrogens with zero attached hydrogens (tertiary/aromatic N) is 2. The van der Waals surface area contributed by atoms with E-state index in [1.54, 1.807) is 37.4 Å². The first kappa shape index (κ1) is 17.7. The monoisotopic (exact) mass is 368 g/mol. The maximum Gasteiger partial charge on any atom is 0.275 e. The van der Waals surface area contributed by atoms with E-state index in [1.165, 1.54) is 12.4 Å². The van der Waals surface area contributed by atoms with Gasteiger partial charge < -0.3 is 15.4 Å². The van der Waals surface area contributed by atoms with Crippen LogP contribution in [0.15, 0.2) is 54.9 Å². The second kappa shape index (κ2) is 7.84. The standard InChI is InChI=1S/C19H17ClN4O2/c1-12-8-13(20)6-7-16(12)24-18-11-21-17(10-22-18)19(25)23-14-4-3-5-15(9-14)26-2/h3-11H,1-2H3,(H,22,24)(H,23,25). The number of halogens is 1. The highest BCUT2D eigenvalue weighted by atomic mass is 35.5. The van der Waals surface area contributed by atoms with Crippen molar-refractivity contribution in [2.45, 2.75) is 6.92 Å². The van der Waals surface area contributed by atoms with E-state index in [0.29, 0.717) is 22.3 Å². The number of hydrogen-bond donors (Lipinski definition) is 2. The number of anilines is 3. The fraction of sp³-hybridized carbons (Fsp3) is 0.105. The first-order valence-electron chi connectivity index (χ1n) is 7.86. The number of amides is 1. The Morgan fingerprint density at radius 2 is 1.96 bits per heavy atom. The molecule has 0 bridgehead atoms. The van der Waals surface area contributed by atoms with Crippen LogP contribution < -0.4 is 15.4 Å². The molecule has 2 aromatic carbocycles. The molecule has 3 rings (SSSR count). The van der Waals surface area contributed by atoms with E-state index in [9.17, 15) is 4.79 Å². The Hall–Kier alpha value is -3.12. The summed E-state index contributed by atoms with van der Waals surface area (Å²) in [5, 5.41) is 6.58. The molecule has 0 aliphatic carbocycles. The molecule has 0 radical (unpaired) electrons. The lowest BCUT2D eigenvalue weighted by atomic mass is 10.2. The summed E-state index contributed by atoms with van der Waals surface area (Å²) in [6.45, 7) is 1.94. The van der Waals surface area contributed by atoms with Crippen LogP contribution in [-0.4, -0.2) is 23.0 Å². The largest absolute Gasteiger partial charge is 0.497 e. The van der Waals surface area contributed by atoms with Crippen LogP contribution in [0.25, 0.3) is 0 Å². The number of carbonyl (C=O) groups is 1. The average Bonchev–Trinajstić information content (AvgIpc) is 2.64. The van der Waals surface area contributed by atoms with E-state index in [1.807, 2.05) is 19.1 Å². The molecule has 0 saturated heterocycles. The first-order valence-corrected chi connectivity index (χ1v) is 8.23. The molecule has 0 saturated carbocycles. The molecule has 6 nitrogen and oxygen atoms in total. The molecular weight excluding hydrogens is 352 g/mol. The molecule has 0 unspecified atom stereocenters. The van der Waals surface area contributed by atoms with Crippen LogP contribution in [-0.2, 0) is 0 Å². The van der Waals surface area contributed by atoms with Gasteiger partial charge in [0.2, 0.25) is 0 Å². The van der Waals surface area contributed by atoms with Crippen molar-refractivity contribution in [3.8, 4) is 5.75 Å². The summed E-state index contributed by atoms with van der Waals surface area (Å²) in [5.74, 6) is 0.847. The number of ether oxygens (including phenoxy) is 1. The summed E-state index contributed by atoms with van der Waals surface area (Å²) in [5.41, 5.74) is 2.69. The summed E-state index contributed by atoms with van der Waals surface area (Å²) in [4.78, 5) is 20.7. The van der Waals surface area contributed by atoms with Gasteiger partial charge in [-0.2, -0.15) is 0 Å². The number of aryl methyl sites for hydroxylation is 1. The molecule has 1 aromatic heterocycles. The lowest BCUT2D eigenvalue weighted by Crippen LogP contribution is -2.14. The fourth-order valence-corrected chi connectivity index (χ4v) is 2.54. The van der Waals surface area contributed by atoms with Gasteiger partial charge in [0.1, 0.15) is 17.3 Å². The maximum atomic E-state index is 12.3. The van der Waals surface area contributed by atoms with Crippen molar-refractivity contribution in [3.63, 3.8) is 0 Å². The summed E-state index contributed by atoms with van der Waals surface area (Å²) in [6, 6.07) is 12.6. The van der Waals surface area contributed by atoms with Crippen LogP contribution >= 0.6 is 11.6 Å². The number of aromatic nitrogens is 2. The highest BCUT2D eigenvalue weighted by Gasteiger charge is 2.09. The smallest absolute Gasteiger partial charge is 0.275 e. The van der Waals surface area contributed by atoms with Gasteiger partial charge in [-0.15, -0.1) is 0 Å². The van der Waals surface area contributed by atoms with Gasteiger partial charge >= 0.3 is 0 Å². The summed E-state index contributed by atoms with van der Waals surface area (Å²) in [7, 11) is 1.57. The zero-order valence-corrected chi connectivity index (χ0v) is 15.0. The van der Waals surface area contributed by atoms with Gasteiger partial charge in [-0.05, 0) is 42.8 Å². The van der Waals surface area contributed by atoms with Crippen LogP contribution in [0.4, 0.5) is 17.2 Å². The van der Waals surface area contributed by atoms with Gasteiger partial charge in [0.05, 0.1) is 19.5 Å². The van der Waals surface area contributed by atoms with Crippen LogP contribution in [0.2, 0.25) is 5.02 Å². The quantitative estimate of drug-likeness (QED) is 0.696. The number of hydrogen-bond acceptors (Lipinski definition) is 5. The van der Waals surface area contributed by atoms with Gasteiger partial charge in [0, 0.05) is 22.5 Å². The summed E-state index contributed by atoms with van der Waals surface area (Å²) < 4.78 is 5.14. The lowest BCUT2D eigenvalue weighted by Gasteiger charge is -2.09. The zero-order chi connectivity index (χ0) is 18.5. The fourth-order valence-electron chi connectivity index (χ4n) is 2.31. The van der Waals surface area contributed by atoms with Crippen LogP contribution in [0.3, 0.4) is 0 Å². The van der Waals surface area contributed by atoms with Gasteiger partial charge in [-0.1, -0.05) is 17.7 Å². The molecular formula is C19H17ClN4O2. The number of rotatable bonds is 5. The Morgan fingerprint density at radius 1 is 1.12 bits per heavy atom. The average molecular weight is 369 g/mol. The Bertz CT molecular complexity index is 929. The molecule has 1 amide bonds. The van der Waals surface area contributed by atoms with Crippen molar-refractivity contribution in [2.24, 2.45) is 0 Å². The SMILES string of the molecule is COc1cccc(NC(=O)c2cnc(Nc3ccc(Cl)cc3C)cn2)c1. The Balaban J connectivity index is 1.69. The van der Waals surface area contributed by atoms with E-state index in [0.717, 1.165) is 11.3 Å². The number of carbonyl (C=O) groups excluding carboxylic acids is 1. The molecule has 0 atom stereocenters. The zero-order valence-electron chi connectivity index (χ0n) is 14.3. The molecule has 0 aliphatic rings. The summed E-state index contributed by atoms with van der Waals surface area (Å²) >= 11 is 5.95. The highest BCUT2D eigenvalue weighted by molar-refractivity contribution is 6.30. The maximum absolute atomic E-state index is 12.3. The van der Waals surface area contributed by atoms with Crippen molar-refractivity contribution in [1.29, 1.82) is 0 Å². The van der Waals surface area contributed by atoms with E-state index < -0.39 is 0 Å². The second-order valence-corrected chi connectivity index (χ2v) is 5.99. The Kier molecular flexibility index (Phi) is 5.34. The molecule has 7 heteroatoms. The predicted octanol–water partition coefficient (Wildman–Crippen LogP) is 4.44. The molecule has 26 heavy (non-hydrogen) atoms. The number of benzene rings is 2. The lowest BCUT2D eigenvalue weighted by molar-refractivity contribution is 0.102. The third kappa shape index (κ3) is 4.29. The predicted molar refractivity (Wildman–Crippen MR) is 102 cm³/mol. The van der Waals surface area contributed by atoms with E-state index in [2.05, 4.69) is 20.6 Å². The minimum Gasteiger partial charge on any atom is -0.497 e. The van der Waals surface area contributed by atoms with Crippen LogP contribution in [0.1, 0.15) is 16.1 Å². The molecule has 2 N–H and O–H groups in total. The normalized spacial score (nSPS) is 10.3. The molecule has 0 spiro atoms. The van der Waals surface area contributed by atoms with Crippen molar-refractivity contribution >= 4 is 34.7 Å². The van der Waals surface area contributed by atoms with E-state index in [4.69, 9.17) is 16.3 Å². The van der Waals surface area contributed by atoms with Crippen molar-refractivity contribution < 1.29 is 9.53 Å². The molecule has 1 heterocycles. The van der Waals surface area contributed by atoms with Crippen molar-refractivity contribution in [3.05, 3.63) is 71.1 Å². The van der Waals surface area contributed by atoms with Crippen molar-refractivity contribution in [2.75, 3.05) is 17.7 Å². The Labute approximate surface area is 156 Å².